The molecule has 3 rings (SSSR count). The highest BCUT2D eigenvalue weighted by molar-refractivity contribution is 6.30. The number of pyridine rings is 1. The Morgan fingerprint density at radius 2 is 1.91 bits per heavy atom. The Bertz CT molecular complexity index is 679. The molecule has 1 aliphatic carbocycles. The molecule has 1 aromatic carbocycles. The molecule has 5 heteroatoms. The van der Waals surface area contributed by atoms with E-state index in [0.29, 0.717) is 16.5 Å². The van der Waals surface area contributed by atoms with Gasteiger partial charge in [0.05, 0.1) is 5.56 Å². The van der Waals surface area contributed by atoms with Crippen LogP contribution in [0.15, 0.2) is 36.5 Å². The molecular weight excluding hydrogens is 302 g/mol. The van der Waals surface area contributed by atoms with Gasteiger partial charge in [0.1, 0.15) is 6.10 Å². The highest BCUT2D eigenvalue weighted by Gasteiger charge is 2.20. The average molecular weight is 318 g/mol. The first-order valence-corrected chi connectivity index (χ1v) is 7.67. The first kappa shape index (κ1) is 14.9. The third-order valence-electron chi connectivity index (χ3n) is 3.83. The molecule has 2 aromatic rings. The fourth-order valence-corrected chi connectivity index (χ4v) is 2.79. The smallest absolute Gasteiger partial charge is 0.337 e. The number of aromatic nitrogens is 1. The molecular formula is C17H16ClNO3. The fourth-order valence-electron chi connectivity index (χ4n) is 2.66. The molecule has 0 radical (unpaired) electrons. The number of hydrogen-bond donors (Lipinski definition) is 1. The molecule has 0 aliphatic heterocycles. The molecule has 1 aromatic heterocycles. The maximum atomic E-state index is 11.2. The summed E-state index contributed by atoms with van der Waals surface area (Å²) in [6, 6.07) is 8.81. The first-order chi connectivity index (χ1) is 10.6. The molecule has 0 atom stereocenters. The number of aromatic carboxylic acids is 1. The van der Waals surface area contributed by atoms with E-state index >= 15 is 0 Å². The zero-order valence-electron chi connectivity index (χ0n) is 12.0. The van der Waals surface area contributed by atoms with Gasteiger partial charge in [-0.3, -0.25) is 0 Å². The molecule has 22 heavy (non-hydrogen) atoms. The molecule has 1 fully saturated rings. The van der Waals surface area contributed by atoms with Crippen LogP contribution in [0.2, 0.25) is 5.02 Å². The highest BCUT2D eigenvalue weighted by atomic mass is 35.5. The fraction of sp³-hybridized carbons (Fsp3) is 0.294. The molecule has 0 unspecified atom stereocenters. The van der Waals surface area contributed by atoms with Gasteiger partial charge in [0.2, 0.25) is 5.88 Å². The number of carboxylic acids is 1. The van der Waals surface area contributed by atoms with Crippen molar-refractivity contribution in [1.29, 1.82) is 0 Å². The normalized spacial score (nSPS) is 15.0. The first-order valence-electron chi connectivity index (χ1n) is 7.29. The van der Waals surface area contributed by atoms with Crippen molar-refractivity contribution in [2.75, 3.05) is 0 Å². The van der Waals surface area contributed by atoms with Crippen LogP contribution < -0.4 is 4.74 Å². The third kappa shape index (κ3) is 3.22. The monoisotopic (exact) mass is 317 g/mol. The SMILES string of the molecule is O=C(O)c1cnc(OC2CCCC2)c(-c2ccc(Cl)cc2)c1. The number of carbonyl (C=O) groups is 1. The standard InChI is InChI=1S/C17H16ClNO3/c18-13-7-5-11(6-8-13)15-9-12(17(20)21)10-19-16(15)22-14-3-1-2-4-14/h5-10,14H,1-4H2,(H,20,21). The molecule has 1 aliphatic rings. The molecule has 1 heterocycles. The molecule has 0 bridgehead atoms. The van der Waals surface area contributed by atoms with Crippen LogP contribution in [-0.4, -0.2) is 22.2 Å². The number of rotatable bonds is 4. The maximum Gasteiger partial charge on any atom is 0.337 e. The largest absolute Gasteiger partial charge is 0.478 e. The molecule has 0 amide bonds. The topological polar surface area (TPSA) is 59.4 Å². The zero-order chi connectivity index (χ0) is 15.5. The van der Waals surface area contributed by atoms with Gasteiger partial charge in [-0.25, -0.2) is 9.78 Å². The van der Waals surface area contributed by atoms with Gasteiger partial charge < -0.3 is 9.84 Å². The summed E-state index contributed by atoms with van der Waals surface area (Å²) in [5, 5.41) is 9.80. The van der Waals surface area contributed by atoms with Crippen molar-refractivity contribution in [3.63, 3.8) is 0 Å². The summed E-state index contributed by atoms with van der Waals surface area (Å²) >= 11 is 5.92. The Kier molecular flexibility index (Phi) is 4.29. The van der Waals surface area contributed by atoms with Crippen LogP contribution in [0.1, 0.15) is 36.0 Å². The van der Waals surface area contributed by atoms with Gasteiger partial charge >= 0.3 is 5.97 Å². The van der Waals surface area contributed by atoms with Gasteiger partial charge in [-0.2, -0.15) is 0 Å². The van der Waals surface area contributed by atoms with E-state index in [0.717, 1.165) is 31.2 Å². The van der Waals surface area contributed by atoms with E-state index in [4.69, 9.17) is 16.3 Å². The van der Waals surface area contributed by atoms with Crippen molar-refractivity contribution in [2.45, 2.75) is 31.8 Å². The van der Waals surface area contributed by atoms with Crippen LogP contribution in [0.3, 0.4) is 0 Å². The molecule has 114 valence electrons. The van der Waals surface area contributed by atoms with Crippen molar-refractivity contribution in [3.05, 3.63) is 47.1 Å². The van der Waals surface area contributed by atoms with Crippen LogP contribution >= 0.6 is 11.6 Å². The summed E-state index contributed by atoms with van der Waals surface area (Å²) in [5.41, 5.74) is 1.67. The second-order valence-electron chi connectivity index (χ2n) is 5.41. The predicted octanol–water partition coefficient (Wildman–Crippen LogP) is 4.42. The molecule has 1 saturated carbocycles. The number of nitrogens with zero attached hydrogens (tertiary/aromatic N) is 1. The van der Waals surface area contributed by atoms with E-state index in [2.05, 4.69) is 4.98 Å². The minimum Gasteiger partial charge on any atom is -0.478 e. The van der Waals surface area contributed by atoms with E-state index in [1.54, 1.807) is 18.2 Å². The lowest BCUT2D eigenvalue weighted by Gasteiger charge is -2.16. The average Bonchev–Trinajstić information content (AvgIpc) is 3.01. The lowest BCUT2D eigenvalue weighted by molar-refractivity contribution is 0.0696. The minimum absolute atomic E-state index is 0.142. The quantitative estimate of drug-likeness (QED) is 0.906. The Labute approximate surface area is 133 Å². The summed E-state index contributed by atoms with van der Waals surface area (Å²) in [6.45, 7) is 0. The summed E-state index contributed by atoms with van der Waals surface area (Å²) < 4.78 is 5.99. The van der Waals surface area contributed by atoms with E-state index < -0.39 is 5.97 Å². The van der Waals surface area contributed by atoms with Crippen molar-refractivity contribution < 1.29 is 14.6 Å². The van der Waals surface area contributed by atoms with Crippen molar-refractivity contribution >= 4 is 17.6 Å². The second-order valence-corrected chi connectivity index (χ2v) is 5.85. The summed E-state index contributed by atoms with van der Waals surface area (Å²) in [7, 11) is 0. The molecule has 1 N–H and O–H groups in total. The lowest BCUT2D eigenvalue weighted by Crippen LogP contribution is -2.13. The summed E-state index contributed by atoms with van der Waals surface area (Å²) in [4.78, 5) is 15.4. The molecule has 4 nitrogen and oxygen atoms in total. The number of halogens is 1. The van der Waals surface area contributed by atoms with Crippen LogP contribution in [0.4, 0.5) is 0 Å². The van der Waals surface area contributed by atoms with Crippen molar-refractivity contribution in [3.8, 4) is 17.0 Å². The summed E-state index contributed by atoms with van der Waals surface area (Å²) in [6.07, 6.45) is 5.85. The number of ether oxygens (including phenoxy) is 1. The highest BCUT2D eigenvalue weighted by Crippen LogP contribution is 2.33. The zero-order valence-corrected chi connectivity index (χ0v) is 12.7. The van der Waals surface area contributed by atoms with Crippen LogP contribution in [0.5, 0.6) is 5.88 Å². The van der Waals surface area contributed by atoms with E-state index in [1.807, 2.05) is 12.1 Å². The van der Waals surface area contributed by atoms with Crippen LogP contribution in [0, 0.1) is 0 Å². The van der Waals surface area contributed by atoms with Gasteiger partial charge in [0.15, 0.2) is 0 Å². The van der Waals surface area contributed by atoms with Crippen molar-refractivity contribution in [1.82, 2.24) is 4.98 Å². The Morgan fingerprint density at radius 1 is 1.23 bits per heavy atom. The predicted molar refractivity (Wildman–Crippen MR) is 84.5 cm³/mol. The Hall–Kier alpha value is -2.07. The van der Waals surface area contributed by atoms with E-state index in [-0.39, 0.29) is 11.7 Å². The number of hydrogen-bond acceptors (Lipinski definition) is 3. The second kappa shape index (κ2) is 6.36. The van der Waals surface area contributed by atoms with Gasteiger partial charge in [-0.15, -0.1) is 0 Å². The molecule has 0 spiro atoms. The summed E-state index contributed by atoms with van der Waals surface area (Å²) in [5.74, 6) is -0.519. The van der Waals surface area contributed by atoms with Gasteiger partial charge in [-0.1, -0.05) is 23.7 Å². The van der Waals surface area contributed by atoms with Gasteiger partial charge in [-0.05, 0) is 49.4 Å². The maximum absolute atomic E-state index is 11.2. The lowest BCUT2D eigenvalue weighted by atomic mass is 10.1. The molecule has 0 saturated heterocycles. The Balaban J connectivity index is 2.00. The van der Waals surface area contributed by atoms with E-state index in [9.17, 15) is 9.90 Å². The minimum atomic E-state index is -1.00. The third-order valence-corrected chi connectivity index (χ3v) is 4.09. The Morgan fingerprint density at radius 3 is 2.55 bits per heavy atom. The van der Waals surface area contributed by atoms with Gasteiger partial charge in [0, 0.05) is 16.8 Å². The van der Waals surface area contributed by atoms with Crippen LogP contribution in [-0.2, 0) is 0 Å². The van der Waals surface area contributed by atoms with Gasteiger partial charge in [0.25, 0.3) is 0 Å². The van der Waals surface area contributed by atoms with Crippen molar-refractivity contribution in [2.24, 2.45) is 0 Å². The number of carboxylic acid groups (broad SMARTS) is 1. The van der Waals surface area contributed by atoms with Crippen LogP contribution in [0.25, 0.3) is 11.1 Å². The van der Waals surface area contributed by atoms with E-state index in [1.165, 1.54) is 6.20 Å². The number of benzene rings is 1.